The van der Waals surface area contributed by atoms with Crippen molar-refractivity contribution in [3.05, 3.63) is 12.2 Å². The summed E-state index contributed by atoms with van der Waals surface area (Å²) >= 11 is 0. The van der Waals surface area contributed by atoms with Crippen molar-refractivity contribution in [2.24, 2.45) is 0 Å². The summed E-state index contributed by atoms with van der Waals surface area (Å²) in [7, 11) is 0. The zero-order valence-electron chi connectivity index (χ0n) is 30.9. The second-order valence-corrected chi connectivity index (χ2v) is 13.7. The van der Waals surface area contributed by atoms with E-state index in [1.54, 1.807) is 0 Å². The van der Waals surface area contributed by atoms with Crippen LogP contribution in [0.25, 0.3) is 0 Å². The van der Waals surface area contributed by atoms with Crippen LogP contribution >= 0.6 is 0 Å². The van der Waals surface area contributed by atoms with Crippen LogP contribution in [0.4, 0.5) is 0 Å². The maximum Gasteiger partial charge on any atom is 0.306 e. The number of hydrogen-bond acceptors (Lipinski definition) is 5. The van der Waals surface area contributed by atoms with Crippen LogP contribution < -0.4 is 0 Å². The molecule has 0 bridgehead atoms. The van der Waals surface area contributed by atoms with E-state index in [0.717, 1.165) is 38.5 Å². The van der Waals surface area contributed by atoms with E-state index in [2.05, 4.69) is 26.0 Å². The van der Waals surface area contributed by atoms with Gasteiger partial charge in [-0.1, -0.05) is 180 Å². The first-order chi connectivity index (χ1) is 22.6. The molecular formula is C41H78O5. The van der Waals surface area contributed by atoms with Gasteiger partial charge in [-0.25, -0.2) is 0 Å². The molecule has 0 aromatic rings. The fraction of sp³-hybridized carbons (Fsp3) is 0.902. The van der Waals surface area contributed by atoms with Gasteiger partial charge in [0.2, 0.25) is 0 Å². The van der Waals surface area contributed by atoms with E-state index in [9.17, 15) is 14.7 Å². The third-order valence-electron chi connectivity index (χ3n) is 9.06. The third kappa shape index (κ3) is 35.5. The van der Waals surface area contributed by atoms with Gasteiger partial charge in [-0.3, -0.25) is 9.59 Å². The van der Waals surface area contributed by atoms with Gasteiger partial charge in [0.15, 0.2) is 6.10 Å². The van der Waals surface area contributed by atoms with Crippen LogP contribution in [0.2, 0.25) is 0 Å². The Morgan fingerprint density at radius 2 is 0.804 bits per heavy atom. The Kier molecular flexibility index (Phi) is 37.0. The molecule has 0 aliphatic heterocycles. The highest BCUT2D eigenvalue weighted by Crippen LogP contribution is 2.15. The lowest BCUT2D eigenvalue weighted by Gasteiger charge is -2.15. The fourth-order valence-electron chi connectivity index (χ4n) is 5.96. The highest BCUT2D eigenvalue weighted by atomic mass is 16.6. The number of unbranched alkanes of at least 4 members (excludes halogenated alkanes) is 27. The van der Waals surface area contributed by atoms with Gasteiger partial charge in [0.25, 0.3) is 0 Å². The Hall–Kier alpha value is -1.36. The maximum atomic E-state index is 12.1. The maximum absolute atomic E-state index is 12.1. The highest BCUT2D eigenvalue weighted by molar-refractivity contribution is 5.70. The number of carbonyl (C=O) groups excluding carboxylic acids is 2. The Labute approximate surface area is 286 Å². The quantitative estimate of drug-likeness (QED) is 0.0411. The van der Waals surface area contributed by atoms with E-state index in [0.29, 0.717) is 12.8 Å². The molecule has 1 atom stereocenters. The number of rotatable bonds is 37. The molecule has 5 heteroatoms. The predicted octanol–water partition coefficient (Wildman–Crippen LogP) is 12.5. The largest absolute Gasteiger partial charge is 0.462 e. The number of allylic oxidation sites excluding steroid dienone is 2. The van der Waals surface area contributed by atoms with Crippen molar-refractivity contribution >= 4 is 11.9 Å². The average Bonchev–Trinajstić information content (AvgIpc) is 3.06. The molecule has 46 heavy (non-hydrogen) atoms. The summed E-state index contributed by atoms with van der Waals surface area (Å²) in [6, 6.07) is 0. The Morgan fingerprint density at radius 1 is 0.478 bits per heavy atom. The predicted molar refractivity (Wildman–Crippen MR) is 196 cm³/mol. The van der Waals surface area contributed by atoms with Gasteiger partial charge in [-0.15, -0.1) is 0 Å². The van der Waals surface area contributed by atoms with Gasteiger partial charge >= 0.3 is 11.9 Å². The molecule has 1 N–H and O–H groups in total. The zero-order valence-corrected chi connectivity index (χ0v) is 30.9. The van der Waals surface area contributed by atoms with Crippen molar-refractivity contribution in [2.75, 3.05) is 13.2 Å². The first kappa shape index (κ1) is 44.6. The topological polar surface area (TPSA) is 72.8 Å². The molecule has 0 saturated heterocycles. The number of aliphatic hydroxyl groups excluding tert-OH is 1. The number of aliphatic hydroxyl groups is 1. The molecule has 0 aliphatic rings. The summed E-state index contributed by atoms with van der Waals surface area (Å²) in [6.07, 6.45) is 42.7. The van der Waals surface area contributed by atoms with Gasteiger partial charge in [0.05, 0.1) is 6.61 Å². The molecule has 0 saturated carbocycles. The zero-order chi connectivity index (χ0) is 33.6. The van der Waals surface area contributed by atoms with Gasteiger partial charge in [0, 0.05) is 12.8 Å². The number of esters is 2. The van der Waals surface area contributed by atoms with E-state index in [1.807, 2.05) is 0 Å². The minimum absolute atomic E-state index is 0.0609. The van der Waals surface area contributed by atoms with Crippen LogP contribution in [0, 0.1) is 0 Å². The van der Waals surface area contributed by atoms with Crippen LogP contribution in [0.15, 0.2) is 12.2 Å². The molecule has 0 aromatic carbocycles. The summed E-state index contributed by atoms with van der Waals surface area (Å²) < 4.78 is 10.6. The first-order valence-electron chi connectivity index (χ1n) is 20.2. The Balaban J connectivity index is 3.50. The summed E-state index contributed by atoms with van der Waals surface area (Å²) in [4.78, 5) is 24.2. The Bertz CT molecular complexity index is 661. The molecule has 272 valence electrons. The number of carbonyl (C=O) groups is 2. The standard InChI is InChI=1S/C41H78O5/c1-3-5-7-9-11-13-15-17-18-19-20-21-22-24-25-27-29-31-33-35-40(43)45-38-39(37-42)46-41(44)36-34-32-30-28-26-23-16-14-12-10-8-6-4-2/h17-18,39,42H,3-16,19-38H2,1-2H3. The molecule has 0 radical (unpaired) electrons. The van der Waals surface area contributed by atoms with Crippen LogP contribution in [0.5, 0.6) is 0 Å². The van der Waals surface area contributed by atoms with Crippen molar-refractivity contribution < 1.29 is 24.2 Å². The van der Waals surface area contributed by atoms with Gasteiger partial charge in [-0.2, -0.15) is 0 Å². The second kappa shape index (κ2) is 38.1. The van der Waals surface area contributed by atoms with Crippen LogP contribution in [-0.4, -0.2) is 36.4 Å². The normalized spacial score (nSPS) is 12.2. The van der Waals surface area contributed by atoms with E-state index in [4.69, 9.17) is 9.47 Å². The molecule has 0 fully saturated rings. The number of hydrogen-bond donors (Lipinski definition) is 1. The molecule has 0 rings (SSSR count). The van der Waals surface area contributed by atoms with Crippen LogP contribution in [0.1, 0.15) is 219 Å². The highest BCUT2D eigenvalue weighted by Gasteiger charge is 2.16. The summed E-state index contributed by atoms with van der Waals surface area (Å²) in [5.74, 6) is -0.583. The average molecular weight is 651 g/mol. The monoisotopic (exact) mass is 651 g/mol. The van der Waals surface area contributed by atoms with Crippen molar-refractivity contribution in [1.29, 1.82) is 0 Å². The third-order valence-corrected chi connectivity index (χ3v) is 9.06. The first-order valence-corrected chi connectivity index (χ1v) is 20.2. The lowest BCUT2D eigenvalue weighted by atomic mass is 10.0. The Morgan fingerprint density at radius 3 is 1.17 bits per heavy atom. The molecule has 5 nitrogen and oxygen atoms in total. The van der Waals surface area contributed by atoms with Crippen molar-refractivity contribution in [2.45, 2.75) is 225 Å². The molecular weight excluding hydrogens is 572 g/mol. The van der Waals surface area contributed by atoms with E-state index in [-0.39, 0.29) is 25.2 Å². The smallest absolute Gasteiger partial charge is 0.306 e. The second-order valence-electron chi connectivity index (χ2n) is 13.7. The van der Waals surface area contributed by atoms with Crippen LogP contribution in [-0.2, 0) is 19.1 Å². The molecule has 0 spiro atoms. The van der Waals surface area contributed by atoms with Crippen LogP contribution in [0.3, 0.4) is 0 Å². The summed E-state index contributed by atoms with van der Waals surface area (Å²) in [5.41, 5.74) is 0. The van der Waals surface area contributed by atoms with Gasteiger partial charge in [0.1, 0.15) is 6.61 Å². The summed E-state index contributed by atoms with van der Waals surface area (Å²) in [5, 5.41) is 9.55. The molecule has 0 aromatic heterocycles. The molecule has 0 amide bonds. The van der Waals surface area contributed by atoms with Gasteiger partial charge in [-0.05, 0) is 38.5 Å². The number of ether oxygens (including phenoxy) is 2. The minimum Gasteiger partial charge on any atom is -0.462 e. The summed E-state index contributed by atoms with van der Waals surface area (Å²) in [6.45, 7) is 4.15. The molecule has 1 unspecified atom stereocenters. The minimum atomic E-state index is -0.764. The van der Waals surface area contributed by atoms with E-state index in [1.165, 1.54) is 154 Å². The lowest BCUT2D eigenvalue weighted by molar-refractivity contribution is -0.161. The van der Waals surface area contributed by atoms with Crippen molar-refractivity contribution in [3.8, 4) is 0 Å². The molecule has 0 heterocycles. The molecule has 0 aliphatic carbocycles. The van der Waals surface area contributed by atoms with Crippen molar-refractivity contribution in [3.63, 3.8) is 0 Å². The van der Waals surface area contributed by atoms with E-state index >= 15 is 0 Å². The van der Waals surface area contributed by atoms with E-state index < -0.39 is 6.10 Å². The SMILES string of the molecule is CCCCCCCCC=CCCCCCCCCCCCC(=O)OCC(CO)OC(=O)CCCCCCCCCCCCCCC. The fourth-order valence-corrected chi connectivity index (χ4v) is 5.96. The van der Waals surface area contributed by atoms with Gasteiger partial charge < -0.3 is 14.6 Å². The van der Waals surface area contributed by atoms with Crippen molar-refractivity contribution in [1.82, 2.24) is 0 Å². The lowest BCUT2D eigenvalue weighted by Crippen LogP contribution is -2.28.